The number of carbonyl (C=O) groups is 2. The summed E-state index contributed by atoms with van der Waals surface area (Å²) < 4.78 is 16.3. The second kappa shape index (κ2) is 16.6. The van der Waals surface area contributed by atoms with Crippen molar-refractivity contribution < 1.29 is 23.8 Å². The molecule has 0 bridgehead atoms. The Kier molecular flexibility index (Phi) is 13.8. The normalized spacial score (nSPS) is 17.7. The van der Waals surface area contributed by atoms with E-state index < -0.39 is 6.09 Å². The molecule has 3 N–H and O–H groups in total. The van der Waals surface area contributed by atoms with Crippen LogP contribution >= 0.6 is 11.6 Å². The third kappa shape index (κ3) is 11.5. The van der Waals surface area contributed by atoms with Gasteiger partial charge in [0.1, 0.15) is 0 Å². The molecule has 1 aromatic rings. The highest BCUT2D eigenvalue weighted by Crippen LogP contribution is 2.24. The van der Waals surface area contributed by atoms with E-state index in [4.69, 9.17) is 21.1 Å². The summed E-state index contributed by atoms with van der Waals surface area (Å²) in [6.45, 7) is 3.32. The topological polar surface area (TPSA) is 101 Å². The summed E-state index contributed by atoms with van der Waals surface area (Å²) in [4.78, 5) is 25.6. The van der Waals surface area contributed by atoms with Crippen molar-refractivity contribution in [1.82, 2.24) is 20.9 Å². The van der Waals surface area contributed by atoms with Crippen molar-refractivity contribution in [2.45, 2.75) is 44.2 Å². The van der Waals surface area contributed by atoms with E-state index in [1.54, 1.807) is 18.0 Å². The van der Waals surface area contributed by atoms with Gasteiger partial charge in [0, 0.05) is 51.0 Å². The fraction of sp³-hybridized carbons (Fsp3) is 0.680. The standard InChI is InChI=1S/C25H41ClN4O5/c1-27-22(15-19-7-4-5-13-34-18-19)17-29-24(31)30(2)12-10-23(20-8-6-9-21(26)16-20)35-14-11-28-25(32)33-3/h6,8-9,16,19,22-23,27H,4-5,7,10-15,17-18H2,1-3H3,(H,28,32)(H,29,31)/t19-,22+,23-/m1/s1. The Bertz CT molecular complexity index is 761. The van der Waals surface area contributed by atoms with E-state index >= 15 is 0 Å². The number of benzene rings is 1. The SMILES string of the molecule is CN[C@H](CNC(=O)N(C)CC[C@@H](OCCNC(=O)OC)c1cccc(Cl)c1)C[C@H]1CCCCOC1. The molecule has 1 aliphatic rings. The number of carbonyl (C=O) groups excluding carboxylic acids is 2. The first-order valence-corrected chi connectivity index (χ1v) is 12.7. The van der Waals surface area contributed by atoms with E-state index in [0.29, 0.717) is 43.6 Å². The summed E-state index contributed by atoms with van der Waals surface area (Å²) in [5, 5.41) is 9.58. The van der Waals surface area contributed by atoms with Crippen molar-refractivity contribution in [1.29, 1.82) is 0 Å². The first-order valence-electron chi connectivity index (χ1n) is 12.4. The molecule has 3 amide bonds. The van der Waals surface area contributed by atoms with Crippen molar-refractivity contribution in [2.75, 3.05) is 60.7 Å². The van der Waals surface area contributed by atoms with Gasteiger partial charge in [0.25, 0.3) is 0 Å². The molecular formula is C25H41ClN4O5. The minimum absolute atomic E-state index is 0.125. The zero-order valence-electron chi connectivity index (χ0n) is 21.2. The molecule has 9 nitrogen and oxygen atoms in total. The molecule has 198 valence electrons. The van der Waals surface area contributed by atoms with Crippen LogP contribution in [0.2, 0.25) is 5.02 Å². The molecule has 1 fully saturated rings. The highest BCUT2D eigenvalue weighted by atomic mass is 35.5. The van der Waals surface area contributed by atoms with E-state index in [1.165, 1.54) is 20.0 Å². The number of rotatable bonds is 13. The van der Waals surface area contributed by atoms with Crippen LogP contribution in [0.4, 0.5) is 9.59 Å². The molecule has 0 aromatic heterocycles. The number of nitrogens with zero attached hydrogens (tertiary/aromatic N) is 1. The van der Waals surface area contributed by atoms with Gasteiger partial charge in [-0.1, -0.05) is 30.2 Å². The molecule has 1 aromatic carbocycles. The van der Waals surface area contributed by atoms with Crippen LogP contribution in [0.1, 0.15) is 43.8 Å². The Morgan fingerprint density at radius 2 is 2.11 bits per heavy atom. The first-order chi connectivity index (χ1) is 16.9. The Balaban J connectivity index is 1.82. The molecule has 0 saturated carbocycles. The number of methoxy groups -OCH3 is 1. The number of likely N-dealkylation sites (N-methyl/N-ethyl adjacent to an activating group) is 1. The molecule has 10 heteroatoms. The molecule has 2 rings (SSSR count). The van der Waals surface area contributed by atoms with Crippen LogP contribution in [-0.2, 0) is 14.2 Å². The number of nitrogens with one attached hydrogen (secondary N) is 3. The van der Waals surface area contributed by atoms with Gasteiger partial charge in [-0.25, -0.2) is 9.59 Å². The number of ether oxygens (including phenoxy) is 3. The number of urea groups is 1. The van der Waals surface area contributed by atoms with Crippen molar-refractivity contribution in [3.63, 3.8) is 0 Å². The molecule has 35 heavy (non-hydrogen) atoms. The lowest BCUT2D eigenvalue weighted by molar-refractivity contribution is 0.0439. The van der Waals surface area contributed by atoms with E-state index in [9.17, 15) is 9.59 Å². The van der Waals surface area contributed by atoms with Crippen LogP contribution in [-0.4, -0.2) is 83.7 Å². The number of alkyl carbamates (subject to hydrolysis) is 1. The van der Waals surface area contributed by atoms with E-state index in [0.717, 1.165) is 31.6 Å². The van der Waals surface area contributed by atoms with Crippen molar-refractivity contribution >= 4 is 23.7 Å². The zero-order chi connectivity index (χ0) is 25.5. The van der Waals surface area contributed by atoms with Gasteiger partial charge in [-0.2, -0.15) is 0 Å². The maximum Gasteiger partial charge on any atom is 0.406 e. The van der Waals surface area contributed by atoms with Crippen molar-refractivity contribution in [3.05, 3.63) is 34.9 Å². The van der Waals surface area contributed by atoms with Gasteiger partial charge < -0.3 is 35.1 Å². The van der Waals surface area contributed by atoms with Gasteiger partial charge >= 0.3 is 12.1 Å². The lowest BCUT2D eigenvalue weighted by Gasteiger charge is -2.25. The number of amides is 3. The summed E-state index contributed by atoms with van der Waals surface area (Å²) in [6.07, 6.45) is 4.28. The maximum absolute atomic E-state index is 12.7. The summed E-state index contributed by atoms with van der Waals surface area (Å²) in [7, 11) is 5.02. The van der Waals surface area contributed by atoms with Gasteiger partial charge in [-0.15, -0.1) is 0 Å². The zero-order valence-corrected chi connectivity index (χ0v) is 21.9. The lowest BCUT2D eigenvalue weighted by atomic mass is 9.95. The second-order valence-electron chi connectivity index (χ2n) is 8.89. The van der Waals surface area contributed by atoms with Gasteiger partial charge in [0.2, 0.25) is 0 Å². The quantitative estimate of drug-likeness (QED) is 0.349. The molecule has 0 aliphatic carbocycles. The Labute approximate surface area is 214 Å². The van der Waals surface area contributed by atoms with Gasteiger partial charge in [-0.3, -0.25) is 0 Å². The number of halogens is 1. The molecular weight excluding hydrogens is 472 g/mol. The van der Waals surface area contributed by atoms with Crippen LogP contribution in [0.15, 0.2) is 24.3 Å². The van der Waals surface area contributed by atoms with Crippen LogP contribution in [0.5, 0.6) is 0 Å². The van der Waals surface area contributed by atoms with Crippen LogP contribution in [0, 0.1) is 5.92 Å². The Hall–Kier alpha value is -2.07. The largest absolute Gasteiger partial charge is 0.453 e. The number of hydrogen-bond acceptors (Lipinski definition) is 6. The smallest absolute Gasteiger partial charge is 0.406 e. The molecule has 1 aliphatic heterocycles. The second-order valence-corrected chi connectivity index (χ2v) is 9.32. The third-order valence-electron chi connectivity index (χ3n) is 6.20. The molecule has 3 atom stereocenters. The summed E-state index contributed by atoms with van der Waals surface area (Å²) >= 11 is 6.17. The van der Waals surface area contributed by atoms with E-state index in [2.05, 4.69) is 20.7 Å². The van der Waals surface area contributed by atoms with Crippen LogP contribution < -0.4 is 16.0 Å². The summed E-state index contributed by atoms with van der Waals surface area (Å²) in [6, 6.07) is 7.55. The minimum atomic E-state index is -0.504. The maximum atomic E-state index is 12.7. The summed E-state index contributed by atoms with van der Waals surface area (Å²) in [5.74, 6) is 0.522. The third-order valence-corrected chi connectivity index (χ3v) is 6.44. The predicted octanol–water partition coefficient (Wildman–Crippen LogP) is 3.58. The van der Waals surface area contributed by atoms with E-state index in [1.807, 2.05) is 25.2 Å². The average Bonchev–Trinajstić information content (AvgIpc) is 3.14. The van der Waals surface area contributed by atoms with Crippen LogP contribution in [0.25, 0.3) is 0 Å². The fourth-order valence-corrected chi connectivity index (χ4v) is 4.30. The predicted molar refractivity (Wildman–Crippen MR) is 137 cm³/mol. The monoisotopic (exact) mass is 512 g/mol. The molecule has 0 unspecified atom stereocenters. The van der Waals surface area contributed by atoms with Gasteiger partial charge in [-0.05, 0) is 56.3 Å². The lowest BCUT2D eigenvalue weighted by Crippen LogP contribution is -2.45. The van der Waals surface area contributed by atoms with Crippen molar-refractivity contribution in [3.8, 4) is 0 Å². The number of hydrogen-bond donors (Lipinski definition) is 3. The van der Waals surface area contributed by atoms with Crippen molar-refractivity contribution in [2.24, 2.45) is 5.92 Å². The first kappa shape index (κ1) is 29.2. The van der Waals surface area contributed by atoms with Gasteiger partial charge in [0.05, 0.1) is 19.8 Å². The highest BCUT2D eigenvalue weighted by Gasteiger charge is 2.20. The minimum Gasteiger partial charge on any atom is -0.453 e. The molecule has 0 radical (unpaired) electrons. The van der Waals surface area contributed by atoms with Crippen LogP contribution in [0.3, 0.4) is 0 Å². The van der Waals surface area contributed by atoms with E-state index in [-0.39, 0.29) is 18.2 Å². The molecule has 0 spiro atoms. The fourth-order valence-electron chi connectivity index (χ4n) is 4.10. The summed E-state index contributed by atoms with van der Waals surface area (Å²) in [5.41, 5.74) is 0.922. The Morgan fingerprint density at radius 1 is 1.29 bits per heavy atom. The molecule has 1 saturated heterocycles. The Morgan fingerprint density at radius 3 is 2.86 bits per heavy atom. The molecule has 1 heterocycles. The van der Waals surface area contributed by atoms with Gasteiger partial charge in [0.15, 0.2) is 0 Å². The average molecular weight is 513 g/mol. The highest BCUT2D eigenvalue weighted by molar-refractivity contribution is 6.30.